The lowest BCUT2D eigenvalue weighted by Gasteiger charge is -2.23. The Bertz CT molecular complexity index is 160. The van der Waals surface area contributed by atoms with Crippen molar-refractivity contribution in [1.29, 1.82) is 0 Å². The summed E-state index contributed by atoms with van der Waals surface area (Å²) in [5.74, 6) is -0.216. The van der Waals surface area contributed by atoms with Crippen molar-refractivity contribution in [2.24, 2.45) is 0 Å². The van der Waals surface area contributed by atoms with E-state index in [1.807, 2.05) is 13.8 Å². The quantitative estimate of drug-likeness (QED) is 0.687. The minimum atomic E-state index is -1.19. The van der Waals surface area contributed by atoms with Crippen molar-refractivity contribution in [2.45, 2.75) is 52.2 Å². The van der Waals surface area contributed by atoms with Crippen LogP contribution in [0.25, 0.3) is 0 Å². The number of carbonyl (C=O) groups excluding carboxylic acids is 1. The lowest BCUT2D eigenvalue weighted by atomic mass is 9.93. The minimum absolute atomic E-state index is 0.00977. The van der Waals surface area contributed by atoms with E-state index >= 15 is 0 Å². The first-order chi connectivity index (χ1) is 5.96. The molecule has 0 aromatic rings. The van der Waals surface area contributed by atoms with Gasteiger partial charge in [-0.3, -0.25) is 4.79 Å². The van der Waals surface area contributed by atoms with E-state index in [0.717, 1.165) is 0 Å². The molecule has 0 heterocycles. The summed E-state index contributed by atoms with van der Waals surface area (Å²) in [6.07, 6.45) is 0.926. The van der Waals surface area contributed by atoms with Crippen LogP contribution < -0.4 is 0 Å². The highest BCUT2D eigenvalue weighted by Crippen LogP contribution is 2.16. The Kier molecular flexibility index (Phi) is 5.18. The smallest absolute Gasteiger partial charge is 0.189 e. The number of ether oxygens (including phenoxy) is 1. The largest absolute Gasteiger partial charge is 0.382 e. The van der Waals surface area contributed by atoms with Crippen molar-refractivity contribution in [3.05, 3.63) is 0 Å². The van der Waals surface area contributed by atoms with Crippen molar-refractivity contribution in [3.63, 3.8) is 0 Å². The van der Waals surface area contributed by atoms with Crippen molar-refractivity contribution in [1.82, 2.24) is 0 Å². The van der Waals surface area contributed by atoms with Gasteiger partial charge in [0.25, 0.3) is 0 Å². The Balaban J connectivity index is 4.07. The van der Waals surface area contributed by atoms with Crippen molar-refractivity contribution in [2.75, 3.05) is 6.61 Å². The Morgan fingerprint density at radius 3 is 2.15 bits per heavy atom. The maximum absolute atomic E-state index is 11.5. The van der Waals surface area contributed by atoms with Gasteiger partial charge in [-0.05, 0) is 26.7 Å². The van der Waals surface area contributed by atoms with Gasteiger partial charge in [-0.25, -0.2) is 0 Å². The van der Waals surface area contributed by atoms with Gasteiger partial charge in [-0.15, -0.1) is 0 Å². The van der Waals surface area contributed by atoms with Gasteiger partial charge in [0.15, 0.2) is 5.78 Å². The molecule has 0 fully saturated rings. The van der Waals surface area contributed by atoms with E-state index in [1.165, 1.54) is 0 Å². The summed E-state index contributed by atoms with van der Waals surface area (Å²) in [6.45, 7) is 7.35. The molecular weight excluding hydrogens is 168 g/mol. The molecule has 0 aliphatic carbocycles. The summed E-state index contributed by atoms with van der Waals surface area (Å²) in [7, 11) is 0. The summed E-state index contributed by atoms with van der Waals surface area (Å²) in [5.41, 5.74) is -1.19. The van der Waals surface area contributed by atoms with Crippen LogP contribution in [0.5, 0.6) is 0 Å². The molecular formula is C10H20O3. The summed E-state index contributed by atoms with van der Waals surface area (Å²) in [4.78, 5) is 11.5. The molecule has 0 aromatic carbocycles. The molecule has 0 unspecified atom stereocenters. The number of Topliss-reactive ketones (excluding diaryl/α,β-unsaturated/α-hetero) is 1. The Labute approximate surface area is 80.1 Å². The highest BCUT2D eigenvalue weighted by atomic mass is 16.5. The van der Waals surface area contributed by atoms with Crippen LogP contribution in [0.2, 0.25) is 0 Å². The maximum atomic E-state index is 11.5. The Morgan fingerprint density at radius 2 is 1.85 bits per heavy atom. The fraction of sp³-hybridized carbons (Fsp3) is 0.900. The van der Waals surface area contributed by atoms with Gasteiger partial charge in [0.2, 0.25) is 0 Å². The zero-order chi connectivity index (χ0) is 10.5. The molecule has 0 bridgehead atoms. The van der Waals surface area contributed by atoms with Crippen LogP contribution in [-0.2, 0) is 9.53 Å². The average Bonchev–Trinajstić information content (AvgIpc) is 2.12. The van der Waals surface area contributed by atoms with Crippen LogP contribution in [0.3, 0.4) is 0 Å². The summed E-state index contributed by atoms with van der Waals surface area (Å²) >= 11 is 0. The molecule has 0 rings (SSSR count). The van der Waals surface area contributed by atoms with Gasteiger partial charge in [0, 0.05) is 0 Å². The summed E-state index contributed by atoms with van der Waals surface area (Å²) < 4.78 is 5.14. The number of hydrogen-bond donors (Lipinski definition) is 1. The van der Waals surface area contributed by atoms with Gasteiger partial charge in [0.05, 0.1) is 6.10 Å². The second kappa shape index (κ2) is 5.35. The number of aliphatic hydroxyl groups is 1. The standard InChI is InChI=1S/C10H20O3/c1-5-10(12,6-2)9(11)7-13-8(3)4/h8,12H,5-7H2,1-4H3. The van der Waals surface area contributed by atoms with Crippen LogP contribution >= 0.6 is 0 Å². The summed E-state index contributed by atoms with van der Waals surface area (Å²) in [5, 5.41) is 9.78. The molecule has 0 saturated carbocycles. The monoisotopic (exact) mass is 188 g/mol. The topological polar surface area (TPSA) is 46.5 Å². The third-order valence-corrected chi connectivity index (χ3v) is 2.24. The molecule has 13 heavy (non-hydrogen) atoms. The van der Waals surface area contributed by atoms with Gasteiger partial charge >= 0.3 is 0 Å². The van der Waals surface area contributed by atoms with E-state index in [-0.39, 0.29) is 18.5 Å². The van der Waals surface area contributed by atoms with Crippen LogP contribution in [0, 0.1) is 0 Å². The third-order valence-electron chi connectivity index (χ3n) is 2.24. The normalized spacial score (nSPS) is 12.2. The van der Waals surface area contributed by atoms with E-state index in [9.17, 15) is 9.90 Å². The molecule has 0 aliphatic heterocycles. The van der Waals surface area contributed by atoms with Crippen LogP contribution in [0.1, 0.15) is 40.5 Å². The lowest BCUT2D eigenvalue weighted by Crippen LogP contribution is -2.40. The molecule has 0 radical (unpaired) electrons. The highest BCUT2D eigenvalue weighted by molar-refractivity contribution is 5.88. The Morgan fingerprint density at radius 1 is 1.38 bits per heavy atom. The maximum Gasteiger partial charge on any atom is 0.189 e. The zero-order valence-electron chi connectivity index (χ0n) is 8.96. The fourth-order valence-corrected chi connectivity index (χ4v) is 1.02. The predicted molar refractivity (Wildman–Crippen MR) is 51.6 cm³/mol. The first-order valence-corrected chi connectivity index (χ1v) is 4.83. The Hall–Kier alpha value is -0.410. The van der Waals surface area contributed by atoms with Gasteiger partial charge in [0.1, 0.15) is 12.2 Å². The molecule has 0 aromatic heterocycles. The van der Waals surface area contributed by atoms with Crippen LogP contribution in [0.15, 0.2) is 0 Å². The minimum Gasteiger partial charge on any atom is -0.382 e. The van der Waals surface area contributed by atoms with Gasteiger partial charge in [-0.1, -0.05) is 13.8 Å². The molecule has 1 N–H and O–H groups in total. The lowest BCUT2D eigenvalue weighted by molar-refractivity contribution is -0.144. The van der Waals surface area contributed by atoms with Gasteiger partial charge in [-0.2, -0.15) is 0 Å². The number of carbonyl (C=O) groups is 1. The SMILES string of the molecule is CCC(O)(CC)C(=O)COC(C)C. The van der Waals surface area contributed by atoms with E-state index in [4.69, 9.17) is 4.74 Å². The van der Waals surface area contributed by atoms with Crippen LogP contribution in [0.4, 0.5) is 0 Å². The molecule has 0 amide bonds. The molecule has 3 nitrogen and oxygen atoms in total. The number of ketones is 1. The molecule has 0 saturated heterocycles. The van der Waals surface area contributed by atoms with Gasteiger partial charge < -0.3 is 9.84 Å². The number of hydrogen-bond acceptors (Lipinski definition) is 3. The van der Waals surface area contributed by atoms with E-state index in [0.29, 0.717) is 12.8 Å². The summed E-state index contributed by atoms with van der Waals surface area (Å²) in [6, 6.07) is 0. The average molecular weight is 188 g/mol. The molecule has 0 aliphatic rings. The highest BCUT2D eigenvalue weighted by Gasteiger charge is 2.31. The molecule has 78 valence electrons. The third kappa shape index (κ3) is 3.87. The second-order valence-electron chi connectivity index (χ2n) is 3.52. The first-order valence-electron chi connectivity index (χ1n) is 4.83. The van der Waals surface area contributed by atoms with E-state index in [2.05, 4.69) is 0 Å². The van der Waals surface area contributed by atoms with Crippen molar-refractivity contribution >= 4 is 5.78 Å². The van der Waals surface area contributed by atoms with Crippen LogP contribution in [-0.4, -0.2) is 29.2 Å². The van der Waals surface area contributed by atoms with Crippen molar-refractivity contribution in [3.8, 4) is 0 Å². The predicted octanol–water partition coefficient (Wildman–Crippen LogP) is 1.53. The molecule has 0 atom stereocenters. The fourth-order valence-electron chi connectivity index (χ4n) is 1.02. The first kappa shape index (κ1) is 12.6. The van der Waals surface area contributed by atoms with E-state index < -0.39 is 5.60 Å². The molecule has 3 heteroatoms. The van der Waals surface area contributed by atoms with Crippen molar-refractivity contribution < 1.29 is 14.6 Å². The second-order valence-corrected chi connectivity index (χ2v) is 3.52. The molecule has 0 spiro atoms. The number of rotatable bonds is 6. The zero-order valence-corrected chi connectivity index (χ0v) is 8.96. The van der Waals surface area contributed by atoms with E-state index in [1.54, 1.807) is 13.8 Å².